The molecule has 1 heterocycles. The lowest BCUT2D eigenvalue weighted by Crippen LogP contribution is -2.17. The summed E-state index contributed by atoms with van der Waals surface area (Å²) in [7, 11) is 0. The number of hydrogen-bond acceptors (Lipinski definition) is 3. The molecule has 0 aliphatic heterocycles. The smallest absolute Gasteiger partial charge is 0.311 e. The van der Waals surface area contributed by atoms with Crippen LogP contribution in [0.1, 0.15) is 5.69 Å². The molecule has 0 bridgehead atoms. The van der Waals surface area contributed by atoms with Crippen LogP contribution >= 0.6 is 0 Å². The predicted molar refractivity (Wildman–Crippen MR) is 46.0 cm³/mol. The molecule has 1 amide bonds. The van der Waals surface area contributed by atoms with E-state index in [4.69, 9.17) is 5.73 Å². The van der Waals surface area contributed by atoms with Crippen LogP contribution in [0.3, 0.4) is 0 Å². The lowest BCUT2D eigenvalue weighted by atomic mass is 10.3. The third-order valence-electron chi connectivity index (χ3n) is 1.26. The van der Waals surface area contributed by atoms with Gasteiger partial charge < -0.3 is 5.73 Å². The highest BCUT2D eigenvalue weighted by Crippen LogP contribution is 1.92. The van der Waals surface area contributed by atoms with Gasteiger partial charge in [-0.1, -0.05) is 6.07 Å². The second kappa shape index (κ2) is 4.10. The van der Waals surface area contributed by atoms with Gasteiger partial charge in [0.25, 0.3) is 0 Å². The normalized spacial score (nSPS) is 10.9. The average molecular weight is 177 g/mol. The van der Waals surface area contributed by atoms with Gasteiger partial charge in [0.05, 0.1) is 0 Å². The molecule has 66 valence electrons. The first kappa shape index (κ1) is 9.05. The van der Waals surface area contributed by atoms with Crippen molar-refractivity contribution >= 4 is 18.0 Å². The summed E-state index contributed by atoms with van der Waals surface area (Å²) in [5.74, 6) is -0.971. The Morgan fingerprint density at radius 3 is 2.85 bits per heavy atom. The molecule has 13 heavy (non-hydrogen) atoms. The van der Waals surface area contributed by atoms with Gasteiger partial charge in [0, 0.05) is 6.20 Å². The van der Waals surface area contributed by atoms with Gasteiger partial charge in [-0.2, -0.15) is 4.99 Å². The molecule has 0 aliphatic rings. The number of amidine groups is 1. The van der Waals surface area contributed by atoms with E-state index >= 15 is 0 Å². The number of amides is 1. The molecule has 0 saturated carbocycles. The summed E-state index contributed by atoms with van der Waals surface area (Å²) < 4.78 is 0. The topological polar surface area (TPSA) is 85.4 Å². The van der Waals surface area contributed by atoms with Crippen LogP contribution in [0.2, 0.25) is 0 Å². The van der Waals surface area contributed by atoms with E-state index in [-0.39, 0.29) is 12.1 Å². The van der Waals surface area contributed by atoms with Crippen molar-refractivity contribution in [2.24, 2.45) is 10.7 Å². The molecule has 0 aromatic carbocycles. The molecule has 5 nitrogen and oxygen atoms in total. The Kier molecular flexibility index (Phi) is 2.86. The number of pyridine rings is 1. The van der Waals surface area contributed by atoms with Crippen LogP contribution in [-0.4, -0.2) is 23.0 Å². The summed E-state index contributed by atoms with van der Waals surface area (Å²) in [6, 6.07) is 5.01. The number of carbonyl (C=O) groups is 2. The fraction of sp³-hybridized carbons (Fsp3) is 0. The van der Waals surface area contributed by atoms with Gasteiger partial charge in [0.15, 0.2) is 5.84 Å². The fourth-order valence-corrected chi connectivity index (χ4v) is 0.717. The van der Waals surface area contributed by atoms with Gasteiger partial charge in [0.1, 0.15) is 5.69 Å². The van der Waals surface area contributed by atoms with E-state index in [2.05, 4.69) is 9.98 Å². The van der Waals surface area contributed by atoms with Crippen molar-refractivity contribution in [2.75, 3.05) is 0 Å². The Morgan fingerprint density at radius 2 is 2.31 bits per heavy atom. The number of aliphatic imine (C=N–C) groups is 1. The first-order valence-electron chi connectivity index (χ1n) is 3.48. The number of nitrogens with zero attached hydrogens (tertiary/aromatic N) is 2. The average Bonchev–Trinajstić information content (AvgIpc) is 2.19. The van der Waals surface area contributed by atoms with Crippen LogP contribution in [0.5, 0.6) is 0 Å². The predicted octanol–water partition coefficient (Wildman–Crippen LogP) is -0.488. The number of carbonyl (C=O) groups excluding carboxylic acids is 2. The minimum Gasteiger partial charge on any atom is -0.382 e. The van der Waals surface area contributed by atoms with Crippen molar-refractivity contribution in [3.63, 3.8) is 0 Å². The maximum Gasteiger partial charge on any atom is 0.311 e. The number of rotatable bonds is 2. The lowest BCUT2D eigenvalue weighted by Gasteiger charge is -1.95. The molecule has 0 radical (unpaired) electrons. The van der Waals surface area contributed by atoms with Crippen LogP contribution in [0.15, 0.2) is 29.4 Å². The first-order chi connectivity index (χ1) is 6.24. The van der Waals surface area contributed by atoms with Crippen molar-refractivity contribution in [1.29, 1.82) is 0 Å². The van der Waals surface area contributed by atoms with E-state index in [0.29, 0.717) is 5.69 Å². The minimum atomic E-state index is -0.914. The van der Waals surface area contributed by atoms with Gasteiger partial charge in [0.2, 0.25) is 6.29 Å². The highest BCUT2D eigenvalue weighted by atomic mass is 16.2. The van der Waals surface area contributed by atoms with Gasteiger partial charge in [-0.05, 0) is 12.1 Å². The van der Waals surface area contributed by atoms with Crippen molar-refractivity contribution in [1.82, 2.24) is 4.98 Å². The monoisotopic (exact) mass is 177 g/mol. The zero-order valence-electron chi connectivity index (χ0n) is 6.68. The van der Waals surface area contributed by atoms with Crippen LogP contribution in [-0.2, 0) is 9.59 Å². The number of aldehydes is 1. The van der Waals surface area contributed by atoms with Gasteiger partial charge in [-0.25, -0.2) is 0 Å². The molecule has 0 fully saturated rings. The molecule has 1 aromatic heterocycles. The largest absolute Gasteiger partial charge is 0.382 e. The van der Waals surface area contributed by atoms with Gasteiger partial charge >= 0.3 is 5.91 Å². The van der Waals surface area contributed by atoms with E-state index in [9.17, 15) is 9.59 Å². The van der Waals surface area contributed by atoms with Crippen LogP contribution < -0.4 is 5.73 Å². The molecule has 1 rings (SSSR count). The first-order valence-corrected chi connectivity index (χ1v) is 3.48. The second-order valence-electron chi connectivity index (χ2n) is 2.17. The van der Waals surface area contributed by atoms with Crippen molar-refractivity contribution in [2.45, 2.75) is 0 Å². The molecular formula is C8H7N3O2. The number of hydrogen-bond donors (Lipinski definition) is 1. The summed E-state index contributed by atoms with van der Waals surface area (Å²) in [4.78, 5) is 27.6. The zero-order valence-corrected chi connectivity index (χ0v) is 6.68. The molecule has 5 heteroatoms. The third-order valence-corrected chi connectivity index (χ3v) is 1.26. The summed E-state index contributed by atoms with van der Waals surface area (Å²) in [5.41, 5.74) is 5.75. The summed E-state index contributed by atoms with van der Waals surface area (Å²) in [6.07, 6.45) is 1.61. The quantitative estimate of drug-likeness (QED) is 0.286. The highest BCUT2D eigenvalue weighted by Gasteiger charge is 2.01. The zero-order chi connectivity index (χ0) is 9.68. The number of aromatic nitrogens is 1. The lowest BCUT2D eigenvalue weighted by molar-refractivity contribution is -0.128. The Balaban J connectivity index is 2.91. The van der Waals surface area contributed by atoms with E-state index in [1.54, 1.807) is 18.2 Å². The third kappa shape index (κ3) is 2.48. The highest BCUT2D eigenvalue weighted by molar-refractivity contribution is 6.27. The van der Waals surface area contributed by atoms with E-state index in [1.807, 2.05) is 0 Å². The maximum absolute atomic E-state index is 10.5. The van der Waals surface area contributed by atoms with Crippen molar-refractivity contribution in [3.8, 4) is 0 Å². The summed E-state index contributed by atoms with van der Waals surface area (Å²) in [5, 5.41) is 0. The van der Waals surface area contributed by atoms with Crippen LogP contribution in [0, 0.1) is 0 Å². The Labute approximate surface area is 74.3 Å². The minimum absolute atomic E-state index is 0.0577. The van der Waals surface area contributed by atoms with Crippen LogP contribution in [0.25, 0.3) is 0 Å². The SMILES string of the molecule is NC(=NC(=O)C=O)c1ccccn1. The van der Waals surface area contributed by atoms with Gasteiger partial charge in [-0.3, -0.25) is 14.6 Å². The number of nitrogens with two attached hydrogens (primary N) is 1. The Hall–Kier alpha value is -2.04. The van der Waals surface area contributed by atoms with E-state index < -0.39 is 5.91 Å². The molecule has 1 aromatic rings. The van der Waals surface area contributed by atoms with E-state index in [0.717, 1.165) is 0 Å². The van der Waals surface area contributed by atoms with Crippen molar-refractivity contribution < 1.29 is 9.59 Å². The molecule has 0 saturated heterocycles. The maximum atomic E-state index is 10.5. The standard InChI is InChI=1S/C8H7N3O2/c9-8(11-7(13)5-12)6-3-1-2-4-10-6/h1-5H,(H2,9,11,13). The Bertz CT molecular complexity index is 346. The van der Waals surface area contributed by atoms with Crippen molar-refractivity contribution in [3.05, 3.63) is 30.1 Å². The summed E-state index contributed by atoms with van der Waals surface area (Å²) >= 11 is 0. The molecule has 0 unspecified atom stereocenters. The van der Waals surface area contributed by atoms with Gasteiger partial charge in [-0.15, -0.1) is 0 Å². The molecule has 2 N–H and O–H groups in total. The molecule has 0 atom stereocenters. The van der Waals surface area contributed by atoms with Crippen LogP contribution in [0.4, 0.5) is 0 Å². The Morgan fingerprint density at radius 1 is 1.54 bits per heavy atom. The fourth-order valence-electron chi connectivity index (χ4n) is 0.717. The summed E-state index contributed by atoms with van der Waals surface area (Å²) in [6.45, 7) is 0. The molecule has 0 aliphatic carbocycles. The molecule has 0 spiro atoms. The molecular weight excluding hydrogens is 170 g/mol. The van der Waals surface area contributed by atoms with E-state index in [1.165, 1.54) is 6.20 Å². The second-order valence-corrected chi connectivity index (χ2v) is 2.17.